The summed E-state index contributed by atoms with van der Waals surface area (Å²) in [5, 5.41) is 0. The van der Waals surface area contributed by atoms with Crippen molar-refractivity contribution in [1.82, 2.24) is 0 Å². The van der Waals surface area contributed by atoms with Gasteiger partial charge >= 0.3 is 5.97 Å². The molecule has 37 heavy (non-hydrogen) atoms. The van der Waals surface area contributed by atoms with Crippen molar-refractivity contribution in [2.45, 2.75) is 88.9 Å². The van der Waals surface area contributed by atoms with Gasteiger partial charge in [0, 0.05) is 19.3 Å². The van der Waals surface area contributed by atoms with Gasteiger partial charge in [0.2, 0.25) is 0 Å². The number of hydrogen-bond donors (Lipinski definition) is 0. The minimum Gasteiger partial charge on any atom is -0.459 e. The van der Waals surface area contributed by atoms with Gasteiger partial charge in [-0.2, -0.15) is 0 Å². The second kappa shape index (κ2) is 12.4. The van der Waals surface area contributed by atoms with Crippen molar-refractivity contribution in [3.8, 4) is 0 Å². The summed E-state index contributed by atoms with van der Waals surface area (Å²) < 4.78 is 74.8. The lowest BCUT2D eigenvalue weighted by molar-refractivity contribution is 0.0187. The van der Waals surface area contributed by atoms with Gasteiger partial charge in [0.05, 0.1) is 18.3 Å². The first-order chi connectivity index (χ1) is 17.8. The Labute approximate surface area is 215 Å². The zero-order valence-corrected chi connectivity index (χ0v) is 21.3. The topological polar surface area (TPSA) is 44.8 Å². The van der Waals surface area contributed by atoms with Gasteiger partial charge in [-0.25, -0.2) is 22.4 Å². The lowest BCUT2D eigenvalue weighted by Crippen LogP contribution is -2.25. The largest absolute Gasteiger partial charge is 0.459 e. The first-order valence-electron chi connectivity index (χ1n) is 13.1. The number of esters is 1. The van der Waals surface area contributed by atoms with Crippen LogP contribution >= 0.6 is 0 Å². The van der Waals surface area contributed by atoms with Gasteiger partial charge in [-0.3, -0.25) is 0 Å². The van der Waals surface area contributed by atoms with Crippen molar-refractivity contribution in [2.75, 3.05) is 13.7 Å². The summed E-state index contributed by atoms with van der Waals surface area (Å²) >= 11 is 0. The fraction of sp³-hybridized carbons (Fsp3) is 0.552. The van der Waals surface area contributed by atoms with E-state index < -0.39 is 40.9 Å². The van der Waals surface area contributed by atoms with Crippen LogP contribution in [-0.2, 0) is 20.8 Å². The maximum absolute atomic E-state index is 15.1. The molecule has 0 radical (unpaired) electrons. The Balaban J connectivity index is 1.35. The van der Waals surface area contributed by atoms with E-state index in [1.165, 1.54) is 12.1 Å². The van der Waals surface area contributed by atoms with E-state index in [1.807, 2.05) is 0 Å². The highest BCUT2D eigenvalue weighted by Gasteiger charge is 2.31. The predicted octanol–water partition coefficient (Wildman–Crippen LogP) is 7.34. The minimum absolute atomic E-state index is 0.0106. The predicted molar refractivity (Wildman–Crippen MR) is 130 cm³/mol. The fourth-order valence-electron chi connectivity index (χ4n) is 5.60. The van der Waals surface area contributed by atoms with E-state index in [0.29, 0.717) is 43.4 Å². The molecule has 2 saturated carbocycles. The molecule has 0 N–H and O–H groups in total. The lowest BCUT2D eigenvalue weighted by atomic mass is 9.79. The van der Waals surface area contributed by atoms with Gasteiger partial charge in [-0.15, -0.1) is 0 Å². The van der Waals surface area contributed by atoms with Crippen LogP contribution in [-0.4, -0.2) is 31.9 Å². The SMILES string of the molecule is CCOCc1ccc(C(=O)OC2CCC(c3ccc(C4CCC(OC)CC4)c(F)c3F)CC2)c(F)c1F. The van der Waals surface area contributed by atoms with Crippen LogP contribution in [0.2, 0.25) is 0 Å². The number of benzene rings is 2. The van der Waals surface area contributed by atoms with Gasteiger partial charge in [0.1, 0.15) is 6.10 Å². The molecule has 2 fully saturated rings. The summed E-state index contributed by atoms with van der Waals surface area (Å²) in [7, 11) is 1.68. The van der Waals surface area contributed by atoms with Gasteiger partial charge < -0.3 is 14.2 Å². The van der Waals surface area contributed by atoms with Crippen LogP contribution in [0.5, 0.6) is 0 Å². The Morgan fingerprint density at radius 1 is 0.757 bits per heavy atom. The maximum atomic E-state index is 15.1. The van der Waals surface area contributed by atoms with E-state index in [4.69, 9.17) is 14.2 Å². The Morgan fingerprint density at radius 3 is 1.81 bits per heavy atom. The molecule has 0 unspecified atom stereocenters. The molecule has 2 aromatic rings. The van der Waals surface area contributed by atoms with Crippen LogP contribution in [0, 0.1) is 23.3 Å². The zero-order chi connectivity index (χ0) is 26.5. The first-order valence-corrected chi connectivity index (χ1v) is 13.1. The molecular formula is C29H34F4O4. The highest BCUT2D eigenvalue weighted by atomic mass is 19.2. The monoisotopic (exact) mass is 522 g/mol. The molecule has 0 aliphatic heterocycles. The van der Waals surface area contributed by atoms with Crippen molar-refractivity contribution < 1.29 is 36.6 Å². The van der Waals surface area contributed by atoms with Crippen LogP contribution in [0.4, 0.5) is 17.6 Å². The number of carbonyl (C=O) groups excluding carboxylic acids is 1. The summed E-state index contributed by atoms with van der Waals surface area (Å²) in [5.41, 5.74) is 0.331. The Hall–Kier alpha value is -2.45. The van der Waals surface area contributed by atoms with E-state index >= 15 is 8.78 Å². The number of rotatable bonds is 8. The average Bonchev–Trinajstić information content (AvgIpc) is 2.91. The molecule has 0 bridgehead atoms. The van der Waals surface area contributed by atoms with Crippen molar-refractivity contribution in [3.63, 3.8) is 0 Å². The maximum Gasteiger partial charge on any atom is 0.341 e. The standard InChI is InChI=1S/C29H34F4O4/c1-3-36-16-19-8-13-24(28(33)25(19)30)29(34)37-21-11-6-18(7-12-21)23-15-14-22(26(31)27(23)32)17-4-9-20(35-2)10-5-17/h8,13-15,17-18,20-21H,3-7,9-12,16H2,1-2H3. The molecule has 2 aliphatic rings. The summed E-state index contributed by atoms with van der Waals surface area (Å²) in [6.45, 7) is 2.00. The van der Waals surface area contributed by atoms with Crippen molar-refractivity contribution in [2.24, 2.45) is 0 Å². The normalized spacial score (nSPS) is 24.2. The molecule has 202 valence electrons. The molecule has 0 heterocycles. The molecule has 2 aromatic carbocycles. The van der Waals surface area contributed by atoms with Crippen LogP contribution in [0.3, 0.4) is 0 Å². The zero-order valence-electron chi connectivity index (χ0n) is 21.3. The summed E-state index contributed by atoms with van der Waals surface area (Å²) in [6, 6.07) is 5.91. The van der Waals surface area contributed by atoms with Gasteiger partial charge in [-0.05, 0) is 87.3 Å². The number of carbonyl (C=O) groups is 1. The van der Waals surface area contributed by atoms with Crippen LogP contribution in [0.25, 0.3) is 0 Å². The molecule has 8 heteroatoms. The first kappa shape index (κ1) is 27.6. The third kappa shape index (κ3) is 6.17. The Bertz CT molecular complexity index is 1090. The molecule has 4 nitrogen and oxygen atoms in total. The van der Waals surface area contributed by atoms with Gasteiger partial charge in [-0.1, -0.05) is 18.2 Å². The molecule has 0 saturated heterocycles. The molecule has 0 spiro atoms. The quantitative estimate of drug-likeness (QED) is 0.269. The van der Waals surface area contributed by atoms with Crippen molar-refractivity contribution in [1.29, 1.82) is 0 Å². The molecule has 4 rings (SSSR count). The van der Waals surface area contributed by atoms with E-state index in [9.17, 15) is 13.6 Å². The molecular weight excluding hydrogens is 488 g/mol. The van der Waals surface area contributed by atoms with Gasteiger partial charge in [0.25, 0.3) is 0 Å². The van der Waals surface area contributed by atoms with E-state index in [2.05, 4.69) is 0 Å². The second-order valence-corrected chi connectivity index (χ2v) is 10.00. The highest BCUT2D eigenvalue weighted by molar-refractivity contribution is 5.90. The highest BCUT2D eigenvalue weighted by Crippen LogP contribution is 2.40. The van der Waals surface area contributed by atoms with E-state index in [0.717, 1.165) is 25.7 Å². The van der Waals surface area contributed by atoms with E-state index in [-0.39, 0.29) is 30.1 Å². The molecule has 2 aliphatic carbocycles. The van der Waals surface area contributed by atoms with Crippen molar-refractivity contribution in [3.05, 3.63) is 69.8 Å². The lowest BCUT2D eigenvalue weighted by Gasteiger charge is -2.30. The molecule has 0 aromatic heterocycles. The van der Waals surface area contributed by atoms with Gasteiger partial charge in [0.15, 0.2) is 23.3 Å². The molecule has 0 amide bonds. The summed E-state index contributed by atoms with van der Waals surface area (Å²) in [5.74, 6) is -5.09. The van der Waals surface area contributed by atoms with Crippen molar-refractivity contribution >= 4 is 5.97 Å². The third-order valence-electron chi connectivity index (χ3n) is 7.82. The van der Waals surface area contributed by atoms with Crippen LogP contribution < -0.4 is 0 Å². The Morgan fingerprint density at radius 2 is 1.30 bits per heavy atom. The Kier molecular flexibility index (Phi) is 9.24. The summed E-state index contributed by atoms with van der Waals surface area (Å²) in [6.07, 6.45) is 4.73. The second-order valence-electron chi connectivity index (χ2n) is 10.00. The fourth-order valence-corrected chi connectivity index (χ4v) is 5.60. The number of hydrogen-bond acceptors (Lipinski definition) is 4. The third-order valence-corrected chi connectivity index (χ3v) is 7.82. The minimum atomic E-state index is -1.26. The summed E-state index contributed by atoms with van der Waals surface area (Å²) in [4.78, 5) is 12.5. The van der Waals surface area contributed by atoms with Crippen LogP contribution in [0.1, 0.15) is 97.2 Å². The van der Waals surface area contributed by atoms with E-state index in [1.54, 1.807) is 26.2 Å². The number of ether oxygens (including phenoxy) is 3. The number of halogens is 4. The average molecular weight is 523 g/mol. The molecule has 0 atom stereocenters. The number of methoxy groups -OCH3 is 1. The van der Waals surface area contributed by atoms with Crippen LogP contribution in [0.15, 0.2) is 24.3 Å². The smallest absolute Gasteiger partial charge is 0.341 e.